The van der Waals surface area contributed by atoms with Gasteiger partial charge in [-0.05, 0) is 62.4 Å². The van der Waals surface area contributed by atoms with Gasteiger partial charge < -0.3 is 10.2 Å². The SMILES string of the molecule is CCC1(CC)CCN(C(=O)CC(C)C2CCCNC2)C1. The number of hydrogen-bond donors (Lipinski definition) is 1. The molecule has 2 unspecified atom stereocenters. The van der Waals surface area contributed by atoms with Crippen LogP contribution in [-0.2, 0) is 4.79 Å². The molecule has 0 spiro atoms. The smallest absolute Gasteiger partial charge is 0.222 e. The minimum atomic E-state index is 0.395. The zero-order chi connectivity index (χ0) is 14.6. The number of hydrogen-bond acceptors (Lipinski definition) is 2. The van der Waals surface area contributed by atoms with E-state index in [9.17, 15) is 4.79 Å². The number of piperidine rings is 1. The molecule has 0 aromatic rings. The molecule has 20 heavy (non-hydrogen) atoms. The van der Waals surface area contributed by atoms with E-state index in [4.69, 9.17) is 0 Å². The molecule has 0 aromatic heterocycles. The van der Waals surface area contributed by atoms with Crippen LogP contribution in [0.5, 0.6) is 0 Å². The molecule has 1 amide bonds. The fraction of sp³-hybridized carbons (Fsp3) is 0.941. The molecule has 0 aliphatic carbocycles. The third kappa shape index (κ3) is 3.55. The normalized spacial score (nSPS) is 27.6. The Bertz CT molecular complexity index is 319. The zero-order valence-electron chi connectivity index (χ0n) is 13.6. The first-order valence-corrected chi connectivity index (χ1v) is 8.58. The first kappa shape index (κ1) is 15.8. The van der Waals surface area contributed by atoms with Gasteiger partial charge in [0.1, 0.15) is 0 Å². The van der Waals surface area contributed by atoms with Gasteiger partial charge >= 0.3 is 0 Å². The summed E-state index contributed by atoms with van der Waals surface area (Å²) in [7, 11) is 0. The van der Waals surface area contributed by atoms with Crippen molar-refractivity contribution in [1.29, 1.82) is 0 Å². The van der Waals surface area contributed by atoms with E-state index in [1.165, 1.54) is 32.1 Å². The van der Waals surface area contributed by atoms with Gasteiger partial charge in [-0.1, -0.05) is 20.8 Å². The van der Waals surface area contributed by atoms with Crippen molar-refractivity contribution in [2.45, 2.75) is 59.3 Å². The zero-order valence-corrected chi connectivity index (χ0v) is 13.6. The molecule has 2 atom stereocenters. The fourth-order valence-corrected chi connectivity index (χ4v) is 3.91. The third-order valence-corrected chi connectivity index (χ3v) is 5.93. The molecular formula is C17H32N2O. The summed E-state index contributed by atoms with van der Waals surface area (Å²) in [5.74, 6) is 1.61. The highest BCUT2D eigenvalue weighted by atomic mass is 16.2. The number of likely N-dealkylation sites (tertiary alicyclic amines) is 1. The molecule has 0 saturated carbocycles. The van der Waals surface area contributed by atoms with Gasteiger partial charge in [-0.3, -0.25) is 4.79 Å². The van der Waals surface area contributed by atoms with E-state index in [0.717, 1.165) is 32.6 Å². The summed E-state index contributed by atoms with van der Waals surface area (Å²) < 4.78 is 0. The molecule has 2 rings (SSSR count). The molecule has 3 heteroatoms. The lowest BCUT2D eigenvalue weighted by molar-refractivity contribution is -0.131. The van der Waals surface area contributed by atoms with Crippen LogP contribution in [0.3, 0.4) is 0 Å². The van der Waals surface area contributed by atoms with Crippen molar-refractivity contribution < 1.29 is 4.79 Å². The van der Waals surface area contributed by atoms with Gasteiger partial charge in [-0.2, -0.15) is 0 Å². The molecule has 2 aliphatic rings. The Morgan fingerprint density at radius 2 is 2.15 bits per heavy atom. The molecule has 0 aromatic carbocycles. The summed E-state index contributed by atoms with van der Waals surface area (Å²) in [4.78, 5) is 14.7. The van der Waals surface area contributed by atoms with Gasteiger partial charge in [0, 0.05) is 19.5 Å². The van der Waals surface area contributed by atoms with Gasteiger partial charge in [-0.15, -0.1) is 0 Å². The van der Waals surface area contributed by atoms with Crippen LogP contribution in [0.25, 0.3) is 0 Å². The summed E-state index contributed by atoms with van der Waals surface area (Å²) in [6.45, 7) is 11.0. The van der Waals surface area contributed by atoms with Crippen molar-refractivity contribution in [3.63, 3.8) is 0 Å². The van der Waals surface area contributed by atoms with Gasteiger partial charge in [0.25, 0.3) is 0 Å². The second kappa shape index (κ2) is 6.93. The monoisotopic (exact) mass is 280 g/mol. The fourth-order valence-electron chi connectivity index (χ4n) is 3.91. The Balaban J connectivity index is 1.83. The molecular weight excluding hydrogens is 248 g/mol. The van der Waals surface area contributed by atoms with Crippen molar-refractivity contribution >= 4 is 5.91 Å². The average Bonchev–Trinajstić information content (AvgIpc) is 2.93. The van der Waals surface area contributed by atoms with Crippen LogP contribution in [-0.4, -0.2) is 37.0 Å². The van der Waals surface area contributed by atoms with Crippen LogP contribution < -0.4 is 5.32 Å². The molecule has 3 nitrogen and oxygen atoms in total. The molecule has 2 saturated heterocycles. The highest BCUT2D eigenvalue weighted by molar-refractivity contribution is 5.76. The topological polar surface area (TPSA) is 32.3 Å². The van der Waals surface area contributed by atoms with Gasteiger partial charge in [-0.25, -0.2) is 0 Å². The highest BCUT2D eigenvalue weighted by Crippen LogP contribution is 2.37. The quantitative estimate of drug-likeness (QED) is 0.839. The summed E-state index contributed by atoms with van der Waals surface area (Å²) >= 11 is 0. The van der Waals surface area contributed by atoms with Gasteiger partial charge in [0.05, 0.1) is 0 Å². The Morgan fingerprint density at radius 1 is 1.40 bits per heavy atom. The molecule has 2 heterocycles. The summed E-state index contributed by atoms with van der Waals surface area (Å²) in [6, 6.07) is 0. The minimum absolute atomic E-state index is 0.395. The van der Waals surface area contributed by atoms with E-state index in [0.29, 0.717) is 23.2 Å². The molecule has 2 fully saturated rings. The number of rotatable bonds is 5. The summed E-state index contributed by atoms with van der Waals surface area (Å²) in [5.41, 5.74) is 0.408. The molecule has 0 bridgehead atoms. The predicted octanol–water partition coefficient (Wildman–Crippen LogP) is 3.05. The number of amides is 1. The van der Waals surface area contributed by atoms with Crippen LogP contribution in [0.2, 0.25) is 0 Å². The number of carbonyl (C=O) groups is 1. The maximum Gasteiger partial charge on any atom is 0.222 e. The van der Waals surface area contributed by atoms with Crippen molar-refractivity contribution in [1.82, 2.24) is 10.2 Å². The van der Waals surface area contributed by atoms with E-state index >= 15 is 0 Å². The molecule has 116 valence electrons. The van der Waals surface area contributed by atoms with E-state index in [2.05, 4.69) is 31.0 Å². The predicted molar refractivity (Wildman–Crippen MR) is 83.6 cm³/mol. The second-order valence-electron chi connectivity index (χ2n) is 7.06. The maximum atomic E-state index is 12.5. The number of carbonyl (C=O) groups excluding carboxylic acids is 1. The van der Waals surface area contributed by atoms with Crippen molar-refractivity contribution in [3.8, 4) is 0 Å². The standard InChI is InChI=1S/C17H32N2O/c1-4-17(5-2)8-10-19(13-17)16(20)11-14(3)15-7-6-9-18-12-15/h14-15,18H,4-13H2,1-3H3. The van der Waals surface area contributed by atoms with Crippen LogP contribution in [0.4, 0.5) is 0 Å². The summed E-state index contributed by atoms with van der Waals surface area (Å²) in [6.07, 6.45) is 6.91. The van der Waals surface area contributed by atoms with Crippen molar-refractivity contribution in [3.05, 3.63) is 0 Å². The van der Waals surface area contributed by atoms with Crippen molar-refractivity contribution in [2.75, 3.05) is 26.2 Å². The van der Waals surface area contributed by atoms with Crippen molar-refractivity contribution in [2.24, 2.45) is 17.3 Å². The van der Waals surface area contributed by atoms with Gasteiger partial charge in [0.2, 0.25) is 5.91 Å². The van der Waals surface area contributed by atoms with Crippen LogP contribution >= 0.6 is 0 Å². The minimum Gasteiger partial charge on any atom is -0.342 e. The maximum absolute atomic E-state index is 12.5. The van der Waals surface area contributed by atoms with E-state index in [1.54, 1.807) is 0 Å². The third-order valence-electron chi connectivity index (χ3n) is 5.93. The van der Waals surface area contributed by atoms with Gasteiger partial charge in [0.15, 0.2) is 0 Å². The molecule has 1 N–H and O–H groups in total. The van der Waals surface area contributed by atoms with E-state index in [-0.39, 0.29) is 0 Å². The molecule has 2 aliphatic heterocycles. The Labute approximate surface area is 124 Å². The lowest BCUT2D eigenvalue weighted by atomic mass is 9.82. The van der Waals surface area contributed by atoms with Crippen LogP contribution in [0.1, 0.15) is 59.3 Å². The number of nitrogens with one attached hydrogen (secondary N) is 1. The average molecular weight is 280 g/mol. The lowest BCUT2D eigenvalue weighted by Gasteiger charge is -2.30. The lowest BCUT2D eigenvalue weighted by Crippen LogP contribution is -2.37. The van der Waals surface area contributed by atoms with Crippen LogP contribution in [0, 0.1) is 17.3 Å². The summed E-state index contributed by atoms with van der Waals surface area (Å²) in [5, 5.41) is 3.46. The first-order valence-electron chi connectivity index (χ1n) is 8.58. The molecule has 0 radical (unpaired) electrons. The highest BCUT2D eigenvalue weighted by Gasteiger charge is 2.37. The Morgan fingerprint density at radius 3 is 2.70 bits per heavy atom. The Hall–Kier alpha value is -0.570. The van der Waals surface area contributed by atoms with Crippen LogP contribution in [0.15, 0.2) is 0 Å². The van der Waals surface area contributed by atoms with E-state index < -0.39 is 0 Å². The van der Waals surface area contributed by atoms with E-state index in [1.807, 2.05) is 0 Å². The first-order chi connectivity index (χ1) is 9.60. The number of nitrogens with zero attached hydrogens (tertiary/aromatic N) is 1. The second-order valence-corrected chi connectivity index (χ2v) is 7.06. The Kier molecular flexibility index (Phi) is 5.48. The largest absolute Gasteiger partial charge is 0.342 e.